The number of pyridine rings is 1. The third kappa shape index (κ3) is 6.15. The first kappa shape index (κ1) is 26.9. The van der Waals surface area contributed by atoms with Gasteiger partial charge in [-0.2, -0.15) is 0 Å². The number of aromatic nitrogens is 1. The van der Waals surface area contributed by atoms with Gasteiger partial charge in [0.05, 0.1) is 5.52 Å². The van der Waals surface area contributed by atoms with E-state index in [1.165, 1.54) is 11.1 Å². The Labute approximate surface area is 232 Å². The van der Waals surface area contributed by atoms with Crippen molar-refractivity contribution in [2.24, 2.45) is 0 Å². The molecule has 0 atom stereocenters. The van der Waals surface area contributed by atoms with Crippen molar-refractivity contribution in [3.05, 3.63) is 108 Å². The van der Waals surface area contributed by atoms with E-state index in [1.807, 2.05) is 24.3 Å². The second-order valence-electron chi connectivity index (χ2n) is 11.2. The summed E-state index contributed by atoms with van der Waals surface area (Å²) in [6, 6.07) is 25.2. The van der Waals surface area contributed by atoms with E-state index in [9.17, 15) is 8.42 Å². The highest BCUT2D eigenvalue weighted by atomic mass is 32.2. The molecule has 0 aliphatic carbocycles. The maximum absolute atomic E-state index is 13.1. The summed E-state index contributed by atoms with van der Waals surface area (Å²) in [7, 11) is -3.79. The third-order valence-corrected chi connectivity index (χ3v) is 8.75. The van der Waals surface area contributed by atoms with Crippen molar-refractivity contribution in [3.63, 3.8) is 0 Å². The van der Waals surface area contributed by atoms with E-state index < -0.39 is 10.0 Å². The predicted molar refractivity (Wildman–Crippen MR) is 160 cm³/mol. The first-order chi connectivity index (χ1) is 18.6. The Bertz CT molecular complexity index is 1560. The zero-order valence-electron chi connectivity index (χ0n) is 22.9. The molecule has 1 N–H and O–H groups in total. The molecule has 1 saturated heterocycles. The lowest BCUT2D eigenvalue weighted by molar-refractivity contribution is 0.169. The van der Waals surface area contributed by atoms with Crippen molar-refractivity contribution < 1.29 is 8.42 Å². The highest BCUT2D eigenvalue weighted by Crippen LogP contribution is 2.26. The number of nitrogens with zero attached hydrogens (tertiary/aromatic N) is 3. The lowest BCUT2D eigenvalue weighted by Crippen LogP contribution is -2.44. The SMILES string of the molecule is C=C(c1ccc(NS(=O)(=O)c2cccc3cccnc23)cc1)N1CCN(Cc2ccc(C(C)(C)C)cc2)CC1. The number of anilines is 1. The van der Waals surface area contributed by atoms with Crippen LogP contribution in [0, 0.1) is 0 Å². The number of benzene rings is 3. The fraction of sp³-hybridized carbons (Fsp3) is 0.281. The van der Waals surface area contributed by atoms with E-state index >= 15 is 0 Å². The summed E-state index contributed by atoms with van der Waals surface area (Å²) in [5.41, 5.74) is 5.76. The Balaban J connectivity index is 1.18. The van der Waals surface area contributed by atoms with Crippen LogP contribution in [-0.4, -0.2) is 49.4 Å². The van der Waals surface area contributed by atoms with Gasteiger partial charge >= 0.3 is 0 Å². The van der Waals surface area contributed by atoms with Gasteiger partial charge in [-0.3, -0.25) is 14.6 Å². The Hall–Kier alpha value is -3.68. The van der Waals surface area contributed by atoms with Crippen LogP contribution in [0.25, 0.3) is 16.6 Å². The quantitative estimate of drug-likeness (QED) is 0.306. The zero-order valence-corrected chi connectivity index (χ0v) is 23.7. The lowest BCUT2D eigenvalue weighted by atomic mass is 9.87. The second kappa shape index (κ2) is 10.8. The minimum absolute atomic E-state index is 0.164. The van der Waals surface area contributed by atoms with E-state index in [-0.39, 0.29) is 10.3 Å². The van der Waals surface area contributed by atoms with E-state index in [0.717, 1.165) is 49.4 Å². The van der Waals surface area contributed by atoms with Gasteiger partial charge < -0.3 is 4.90 Å². The fourth-order valence-electron chi connectivity index (χ4n) is 4.96. The van der Waals surface area contributed by atoms with Crippen LogP contribution < -0.4 is 4.72 Å². The third-order valence-electron chi connectivity index (χ3n) is 7.34. The van der Waals surface area contributed by atoms with Crippen LogP contribution in [-0.2, 0) is 22.0 Å². The molecule has 0 spiro atoms. The molecule has 0 bridgehead atoms. The van der Waals surface area contributed by atoms with Crippen molar-refractivity contribution in [2.75, 3.05) is 30.9 Å². The average molecular weight is 541 g/mol. The Kier molecular flexibility index (Phi) is 7.47. The highest BCUT2D eigenvalue weighted by Gasteiger charge is 2.21. The summed E-state index contributed by atoms with van der Waals surface area (Å²) in [5, 5.41) is 0.783. The predicted octanol–water partition coefficient (Wildman–Crippen LogP) is 6.12. The van der Waals surface area contributed by atoms with Gasteiger partial charge in [-0.15, -0.1) is 0 Å². The number of piperazine rings is 1. The number of nitrogens with one attached hydrogen (secondary N) is 1. The molecule has 1 aliphatic rings. The van der Waals surface area contributed by atoms with Crippen LogP contribution in [0.1, 0.15) is 37.5 Å². The highest BCUT2D eigenvalue weighted by molar-refractivity contribution is 7.93. The molecular formula is C32H36N4O2S. The molecule has 1 aromatic heterocycles. The number of sulfonamides is 1. The monoisotopic (exact) mass is 540 g/mol. The van der Waals surface area contributed by atoms with Crippen LogP contribution in [0.15, 0.2) is 96.5 Å². The van der Waals surface area contributed by atoms with Gasteiger partial charge in [0.15, 0.2) is 0 Å². The van der Waals surface area contributed by atoms with Gasteiger partial charge in [-0.25, -0.2) is 8.42 Å². The minimum Gasteiger partial charge on any atom is -0.369 e. The normalized spacial score (nSPS) is 14.9. The molecule has 0 amide bonds. The molecule has 1 fully saturated rings. The molecule has 5 rings (SSSR count). The smallest absolute Gasteiger partial charge is 0.264 e. The van der Waals surface area contributed by atoms with Gasteiger partial charge in [-0.1, -0.05) is 81.9 Å². The molecule has 7 heteroatoms. The summed E-state index contributed by atoms with van der Waals surface area (Å²) in [5.74, 6) is 0. The van der Waals surface area contributed by atoms with E-state index in [0.29, 0.717) is 11.2 Å². The fourth-order valence-corrected chi connectivity index (χ4v) is 6.20. The summed E-state index contributed by atoms with van der Waals surface area (Å²) >= 11 is 0. The number of para-hydroxylation sites is 1. The molecule has 0 radical (unpaired) electrons. The number of fused-ring (bicyclic) bond motifs is 1. The Morgan fingerprint density at radius 2 is 1.56 bits per heavy atom. The molecule has 39 heavy (non-hydrogen) atoms. The maximum Gasteiger partial charge on any atom is 0.264 e. The molecule has 2 heterocycles. The molecule has 0 saturated carbocycles. The maximum atomic E-state index is 13.1. The van der Waals surface area contributed by atoms with Gasteiger partial charge in [0.25, 0.3) is 10.0 Å². The van der Waals surface area contributed by atoms with Crippen molar-refractivity contribution in [1.29, 1.82) is 0 Å². The van der Waals surface area contributed by atoms with Gasteiger partial charge in [0.2, 0.25) is 0 Å². The molecule has 0 unspecified atom stereocenters. The Morgan fingerprint density at radius 3 is 2.23 bits per heavy atom. The van der Waals surface area contributed by atoms with E-state index in [1.54, 1.807) is 36.5 Å². The first-order valence-electron chi connectivity index (χ1n) is 13.3. The van der Waals surface area contributed by atoms with Gasteiger partial charge in [0.1, 0.15) is 4.90 Å². The van der Waals surface area contributed by atoms with Crippen LogP contribution in [0.3, 0.4) is 0 Å². The number of hydrogen-bond acceptors (Lipinski definition) is 5. The largest absolute Gasteiger partial charge is 0.369 e. The summed E-state index contributed by atoms with van der Waals surface area (Å²) < 4.78 is 28.9. The van der Waals surface area contributed by atoms with Crippen LogP contribution >= 0.6 is 0 Å². The first-order valence-corrected chi connectivity index (χ1v) is 14.8. The second-order valence-corrected chi connectivity index (χ2v) is 12.8. The minimum atomic E-state index is -3.79. The van der Waals surface area contributed by atoms with E-state index in [2.05, 4.69) is 71.1 Å². The Morgan fingerprint density at radius 1 is 0.897 bits per heavy atom. The van der Waals surface area contributed by atoms with Crippen LogP contribution in [0.2, 0.25) is 0 Å². The van der Waals surface area contributed by atoms with Crippen LogP contribution in [0.5, 0.6) is 0 Å². The topological polar surface area (TPSA) is 65.5 Å². The van der Waals surface area contributed by atoms with Crippen molar-refractivity contribution in [3.8, 4) is 0 Å². The molecule has 202 valence electrons. The van der Waals surface area contributed by atoms with E-state index in [4.69, 9.17) is 0 Å². The van der Waals surface area contributed by atoms with Crippen molar-refractivity contribution in [2.45, 2.75) is 37.6 Å². The summed E-state index contributed by atoms with van der Waals surface area (Å²) in [4.78, 5) is 9.23. The van der Waals surface area contributed by atoms with Gasteiger partial charge in [0, 0.05) is 55.7 Å². The summed E-state index contributed by atoms with van der Waals surface area (Å²) in [6.45, 7) is 15.8. The summed E-state index contributed by atoms with van der Waals surface area (Å²) in [6.07, 6.45) is 1.60. The standard InChI is InChI=1S/C32H36N4O2S/c1-24(36-21-19-35(20-22-36)23-25-10-14-28(15-11-25)32(2,3)4)26-12-16-29(17-13-26)34-39(37,38)30-9-5-7-27-8-6-18-33-31(27)30/h5-18,34H,1,19-23H2,2-4H3. The molecule has 4 aromatic rings. The lowest BCUT2D eigenvalue weighted by Gasteiger charge is -2.37. The zero-order chi connectivity index (χ0) is 27.6. The number of rotatable bonds is 7. The molecule has 1 aliphatic heterocycles. The average Bonchev–Trinajstić information content (AvgIpc) is 2.93. The molecule has 3 aromatic carbocycles. The van der Waals surface area contributed by atoms with Crippen molar-refractivity contribution in [1.82, 2.24) is 14.8 Å². The van der Waals surface area contributed by atoms with Gasteiger partial charge in [-0.05, 0) is 46.4 Å². The molecular weight excluding hydrogens is 504 g/mol. The van der Waals surface area contributed by atoms with Crippen molar-refractivity contribution >= 4 is 32.3 Å². The van der Waals surface area contributed by atoms with Crippen LogP contribution in [0.4, 0.5) is 5.69 Å². The number of hydrogen-bond donors (Lipinski definition) is 1. The molecule has 6 nitrogen and oxygen atoms in total.